The van der Waals surface area contributed by atoms with Gasteiger partial charge >= 0.3 is 12.2 Å². The maximum absolute atomic E-state index is 14.4. The summed E-state index contributed by atoms with van der Waals surface area (Å²) in [6.45, 7) is 10.6. The van der Waals surface area contributed by atoms with Gasteiger partial charge in [0.2, 0.25) is 15.9 Å². The van der Waals surface area contributed by atoms with E-state index in [0.717, 1.165) is 0 Å². The molecule has 51 heavy (non-hydrogen) atoms. The Morgan fingerprint density at radius 2 is 1.82 bits per heavy atom. The smallest absolute Gasteiger partial charge is 0.410 e. The Morgan fingerprint density at radius 1 is 1.10 bits per heavy atom. The highest BCUT2D eigenvalue weighted by Crippen LogP contribution is 2.48. The van der Waals surface area contributed by atoms with Crippen molar-refractivity contribution in [1.82, 2.24) is 25.2 Å². The number of alkyl carbamates (subject to hydrolysis) is 1. The van der Waals surface area contributed by atoms with Crippen LogP contribution in [0.15, 0.2) is 30.5 Å². The number of hydrogen-bond donors (Lipinski definition) is 3. The molecular weight excluding hydrogens is 685 g/mol. The number of carbonyl (C=O) groups is 4. The zero-order valence-corrected chi connectivity index (χ0v) is 30.2. The van der Waals surface area contributed by atoms with Gasteiger partial charge in [0.05, 0.1) is 24.4 Å². The number of fused-ring (bicyclic) bond motifs is 3. The predicted octanol–water partition coefficient (Wildman–Crippen LogP) is 3.20. The van der Waals surface area contributed by atoms with Crippen molar-refractivity contribution in [3.05, 3.63) is 47.4 Å². The van der Waals surface area contributed by atoms with Crippen LogP contribution in [0.3, 0.4) is 0 Å². The SMILES string of the molecule is C=C1[C@@H](NC(=O)OC(C)(C)C)CCCOCCC[C@@H]2C[C@@]2(C(=O)NS(=O)(=O)C2CC2)NC(=O)[C@@H]2C[C@@H](OC(=O)N3Cc4cccc(F)c4C3)CN12. The van der Waals surface area contributed by atoms with Gasteiger partial charge in [0.15, 0.2) is 0 Å². The molecule has 16 heteroatoms. The summed E-state index contributed by atoms with van der Waals surface area (Å²) in [6.07, 6.45) is 1.13. The van der Waals surface area contributed by atoms with Gasteiger partial charge in [-0.1, -0.05) is 18.7 Å². The molecule has 3 N–H and O–H groups in total. The van der Waals surface area contributed by atoms with Crippen LogP contribution in [-0.2, 0) is 46.9 Å². The van der Waals surface area contributed by atoms with Crippen LogP contribution in [0.4, 0.5) is 14.0 Å². The van der Waals surface area contributed by atoms with E-state index in [9.17, 15) is 32.0 Å². The summed E-state index contributed by atoms with van der Waals surface area (Å²) in [6, 6.07) is 3.00. The first-order valence-electron chi connectivity index (χ1n) is 17.7. The molecule has 280 valence electrons. The number of hydrogen-bond acceptors (Lipinski definition) is 10. The Balaban J connectivity index is 1.24. The van der Waals surface area contributed by atoms with E-state index in [1.807, 2.05) is 0 Å². The van der Waals surface area contributed by atoms with Crippen LogP contribution in [0.5, 0.6) is 0 Å². The van der Waals surface area contributed by atoms with E-state index in [1.54, 1.807) is 37.8 Å². The molecule has 2 saturated carbocycles. The molecule has 0 spiro atoms. The summed E-state index contributed by atoms with van der Waals surface area (Å²) < 4.78 is 59.5. The lowest BCUT2D eigenvalue weighted by Gasteiger charge is -2.34. The van der Waals surface area contributed by atoms with E-state index in [4.69, 9.17) is 14.2 Å². The molecule has 1 aromatic rings. The number of benzene rings is 1. The molecule has 0 bridgehead atoms. The molecule has 3 aliphatic heterocycles. The molecule has 6 rings (SSSR count). The number of rotatable bonds is 5. The molecule has 0 unspecified atom stereocenters. The highest BCUT2D eigenvalue weighted by atomic mass is 32.2. The molecule has 14 nitrogen and oxygen atoms in total. The van der Waals surface area contributed by atoms with Gasteiger partial charge in [-0.2, -0.15) is 0 Å². The Labute approximate surface area is 297 Å². The van der Waals surface area contributed by atoms with E-state index >= 15 is 0 Å². The molecule has 4 fully saturated rings. The summed E-state index contributed by atoms with van der Waals surface area (Å²) in [5, 5.41) is 5.15. The second-order valence-electron chi connectivity index (χ2n) is 15.3. The number of sulfonamides is 1. The molecule has 5 atom stereocenters. The highest BCUT2D eigenvalue weighted by molar-refractivity contribution is 7.91. The Hall–Kier alpha value is -3.92. The van der Waals surface area contributed by atoms with Crippen molar-refractivity contribution in [2.45, 2.75) is 120 Å². The van der Waals surface area contributed by atoms with Crippen LogP contribution in [0, 0.1) is 11.7 Å². The fourth-order valence-corrected chi connectivity index (χ4v) is 8.59. The Kier molecular flexibility index (Phi) is 10.3. The average molecular weight is 734 g/mol. The van der Waals surface area contributed by atoms with Crippen molar-refractivity contribution in [3.63, 3.8) is 0 Å². The first-order valence-corrected chi connectivity index (χ1v) is 19.2. The van der Waals surface area contributed by atoms with Gasteiger partial charge in [0, 0.05) is 37.4 Å². The minimum Gasteiger partial charge on any atom is -0.444 e. The van der Waals surface area contributed by atoms with Gasteiger partial charge < -0.3 is 29.7 Å². The maximum atomic E-state index is 14.4. The second-order valence-corrected chi connectivity index (χ2v) is 17.2. The third kappa shape index (κ3) is 8.43. The largest absolute Gasteiger partial charge is 0.444 e. The third-order valence-corrected chi connectivity index (χ3v) is 12.0. The lowest BCUT2D eigenvalue weighted by molar-refractivity contribution is -0.131. The predicted molar refractivity (Wildman–Crippen MR) is 182 cm³/mol. The van der Waals surface area contributed by atoms with Crippen LogP contribution < -0.4 is 15.4 Å². The average Bonchev–Trinajstić information content (AvgIpc) is 3.93. The van der Waals surface area contributed by atoms with Crippen molar-refractivity contribution >= 4 is 34.0 Å². The minimum absolute atomic E-state index is 0.0246. The summed E-state index contributed by atoms with van der Waals surface area (Å²) in [5.74, 6) is -2.05. The fraction of sp³-hybridized carbons (Fsp3) is 0.657. The van der Waals surface area contributed by atoms with E-state index in [2.05, 4.69) is 21.9 Å². The van der Waals surface area contributed by atoms with Gasteiger partial charge in [0.25, 0.3) is 5.91 Å². The third-order valence-electron chi connectivity index (χ3n) is 10.2. The fourth-order valence-electron chi connectivity index (χ4n) is 7.22. The summed E-state index contributed by atoms with van der Waals surface area (Å²) in [4.78, 5) is 57.3. The number of ether oxygens (including phenoxy) is 3. The van der Waals surface area contributed by atoms with Gasteiger partial charge in [-0.3, -0.25) is 19.2 Å². The van der Waals surface area contributed by atoms with Crippen molar-refractivity contribution in [3.8, 4) is 0 Å². The van der Waals surface area contributed by atoms with Crippen molar-refractivity contribution in [2.24, 2.45) is 5.92 Å². The number of nitrogens with one attached hydrogen (secondary N) is 3. The van der Waals surface area contributed by atoms with E-state index in [-0.39, 0.29) is 38.4 Å². The van der Waals surface area contributed by atoms with Crippen LogP contribution in [0.25, 0.3) is 0 Å². The topological polar surface area (TPSA) is 173 Å². The quantitative estimate of drug-likeness (QED) is 0.408. The van der Waals surface area contributed by atoms with Crippen LogP contribution >= 0.6 is 0 Å². The van der Waals surface area contributed by atoms with Crippen LogP contribution in [-0.4, -0.2) is 96.6 Å². The molecule has 3 heterocycles. The molecule has 1 aromatic carbocycles. The normalized spacial score (nSPS) is 28.6. The lowest BCUT2D eigenvalue weighted by atomic mass is 10.1. The number of nitrogens with zero attached hydrogens (tertiary/aromatic N) is 2. The Bertz CT molecular complexity index is 1680. The standard InChI is InChI=1S/C35H48FN5O9S/c1-21-28(37-32(44)50-34(2,3)4)11-7-15-48-14-6-9-23-17-35(23,31(43)39-51(46,47)25-12-13-25)38-30(42)29-16-24(19-41(21)29)49-33(45)40-18-22-8-5-10-27(36)26(22)20-40/h5,8,10,23-25,28-29H,1,6-7,9,11-20H2,2-4H3,(H,37,44)(H,38,42)(H,39,43)/t23-,24-,28+,29+,35-/m1/s1. The van der Waals surface area contributed by atoms with Crippen LogP contribution in [0.1, 0.15) is 83.3 Å². The maximum Gasteiger partial charge on any atom is 0.410 e. The van der Waals surface area contributed by atoms with Crippen molar-refractivity contribution in [1.29, 1.82) is 0 Å². The van der Waals surface area contributed by atoms with E-state index in [1.165, 1.54) is 11.0 Å². The summed E-state index contributed by atoms with van der Waals surface area (Å²) >= 11 is 0. The lowest BCUT2D eigenvalue weighted by Crippen LogP contribution is -2.56. The minimum atomic E-state index is -3.88. The first-order chi connectivity index (χ1) is 24.1. The molecule has 0 radical (unpaired) electrons. The molecular formula is C35H48FN5O9S. The number of amides is 4. The molecule has 2 aliphatic carbocycles. The first kappa shape index (κ1) is 36.9. The van der Waals surface area contributed by atoms with Crippen molar-refractivity contribution < 1.29 is 46.2 Å². The van der Waals surface area contributed by atoms with E-state index < -0.39 is 74.4 Å². The van der Waals surface area contributed by atoms with Gasteiger partial charge in [-0.15, -0.1) is 0 Å². The zero-order chi connectivity index (χ0) is 36.7. The monoisotopic (exact) mass is 733 g/mol. The van der Waals surface area contributed by atoms with E-state index in [0.29, 0.717) is 68.6 Å². The van der Waals surface area contributed by atoms with Gasteiger partial charge in [-0.25, -0.2) is 22.4 Å². The van der Waals surface area contributed by atoms with Crippen LogP contribution in [0.2, 0.25) is 0 Å². The molecule has 5 aliphatic rings. The molecule has 0 aromatic heterocycles. The molecule has 2 saturated heterocycles. The highest BCUT2D eigenvalue weighted by Gasteiger charge is 2.62. The summed E-state index contributed by atoms with van der Waals surface area (Å²) in [5.41, 5.74) is -0.740. The zero-order valence-electron chi connectivity index (χ0n) is 29.4. The molecule has 4 amide bonds. The van der Waals surface area contributed by atoms with Gasteiger partial charge in [-0.05, 0) is 83.3 Å². The number of carbonyl (C=O) groups excluding carboxylic acids is 4. The van der Waals surface area contributed by atoms with Crippen molar-refractivity contribution in [2.75, 3.05) is 19.8 Å². The second kappa shape index (κ2) is 14.2. The Morgan fingerprint density at radius 3 is 2.51 bits per heavy atom. The number of halogens is 1. The van der Waals surface area contributed by atoms with Gasteiger partial charge in [0.1, 0.15) is 29.1 Å². The summed E-state index contributed by atoms with van der Waals surface area (Å²) in [7, 11) is -3.88.